The van der Waals surface area contributed by atoms with Gasteiger partial charge in [0.2, 0.25) is 0 Å². The summed E-state index contributed by atoms with van der Waals surface area (Å²) in [5.74, 6) is 0.330. The molecule has 0 bridgehead atoms. The van der Waals surface area contributed by atoms with Crippen LogP contribution in [-0.4, -0.2) is 51.8 Å². The average molecular weight is 457 g/mol. The molecule has 1 saturated heterocycles. The van der Waals surface area contributed by atoms with Gasteiger partial charge in [0.05, 0.1) is 36.8 Å². The molecule has 1 unspecified atom stereocenters. The second-order valence-electron chi connectivity index (χ2n) is 7.65. The number of thiophene rings is 1. The number of fused-ring (bicyclic) bond motifs is 1. The van der Waals surface area contributed by atoms with E-state index in [0.29, 0.717) is 54.6 Å². The Hall–Kier alpha value is -2.60. The van der Waals surface area contributed by atoms with Gasteiger partial charge in [-0.05, 0) is 18.9 Å². The molecule has 2 aliphatic rings. The number of alkyl halides is 3. The van der Waals surface area contributed by atoms with Crippen molar-refractivity contribution in [2.75, 3.05) is 19.7 Å². The first-order valence-electron chi connectivity index (χ1n) is 9.75. The van der Waals surface area contributed by atoms with Crippen LogP contribution in [0.4, 0.5) is 13.2 Å². The molecule has 2 aromatic heterocycles. The van der Waals surface area contributed by atoms with E-state index >= 15 is 0 Å². The van der Waals surface area contributed by atoms with Gasteiger partial charge < -0.3 is 15.4 Å². The Balaban J connectivity index is 1.84. The topological polar surface area (TPSA) is 94.9 Å². The standard InChI is InChI=1S/C19H22F3N5O3S/c1-10-13(8-25-5-4-24-15(23)11(25)2)31-17-14(10)16(28)27(9-19(20,21)22)18(29)26(17)7-12-3-6-30-12/h12H,2-9H2,1H3,(H2,23,24). The normalized spacial score (nSPS) is 19.6. The van der Waals surface area contributed by atoms with Gasteiger partial charge in [-0.1, -0.05) is 6.58 Å². The number of nitrogens with two attached hydrogens (primary N) is 1. The summed E-state index contributed by atoms with van der Waals surface area (Å²) < 4.78 is 46.2. The van der Waals surface area contributed by atoms with E-state index in [9.17, 15) is 22.8 Å². The molecule has 0 aliphatic carbocycles. The molecule has 8 nitrogen and oxygen atoms in total. The summed E-state index contributed by atoms with van der Waals surface area (Å²) in [5, 5.41) is 0.132. The summed E-state index contributed by atoms with van der Waals surface area (Å²) in [4.78, 5) is 33.0. The Kier molecular flexibility index (Phi) is 5.46. The highest BCUT2D eigenvalue weighted by molar-refractivity contribution is 7.18. The van der Waals surface area contributed by atoms with E-state index in [0.717, 1.165) is 4.88 Å². The summed E-state index contributed by atoms with van der Waals surface area (Å²) >= 11 is 1.23. The van der Waals surface area contributed by atoms with Crippen LogP contribution in [0.1, 0.15) is 16.9 Å². The summed E-state index contributed by atoms with van der Waals surface area (Å²) in [6, 6.07) is 0. The first-order valence-corrected chi connectivity index (χ1v) is 10.6. The van der Waals surface area contributed by atoms with Crippen LogP contribution in [0.3, 0.4) is 0 Å². The number of hydrogen-bond donors (Lipinski definition) is 1. The average Bonchev–Trinajstić information content (AvgIpc) is 2.96. The second kappa shape index (κ2) is 7.83. The van der Waals surface area contributed by atoms with Gasteiger partial charge >= 0.3 is 11.9 Å². The quantitative estimate of drug-likeness (QED) is 0.736. The lowest BCUT2D eigenvalue weighted by Gasteiger charge is -2.28. The fourth-order valence-corrected chi connectivity index (χ4v) is 5.04. The minimum absolute atomic E-state index is 0.100. The largest absolute Gasteiger partial charge is 0.406 e. The third-order valence-electron chi connectivity index (χ3n) is 5.57. The van der Waals surface area contributed by atoms with Crippen LogP contribution in [0.2, 0.25) is 0 Å². The molecule has 1 atom stereocenters. The Morgan fingerprint density at radius 2 is 2.03 bits per heavy atom. The maximum atomic E-state index is 13.1. The van der Waals surface area contributed by atoms with Crippen molar-refractivity contribution in [3.8, 4) is 0 Å². The molecule has 2 N–H and O–H groups in total. The lowest BCUT2D eigenvalue weighted by Crippen LogP contribution is -2.45. The molecule has 0 radical (unpaired) electrons. The van der Waals surface area contributed by atoms with E-state index in [1.807, 2.05) is 4.90 Å². The molecule has 0 aromatic carbocycles. The van der Waals surface area contributed by atoms with E-state index in [-0.39, 0.29) is 22.6 Å². The smallest absolute Gasteiger partial charge is 0.382 e. The molecule has 0 spiro atoms. The van der Waals surface area contributed by atoms with E-state index in [4.69, 9.17) is 10.5 Å². The van der Waals surface area contributed by atoms with Crippen molar-refractivity contribution in [3.63, 3.8) is 0 Å². The van der Waals surface area contributed by atoms with Crippen LogP contribution in [0.25, 0.3) is 10.2 Å². The van der Waals surface area contributed by atoms with Gasteiger partial charge in [0, 0.05) is 18.0 Å². The number of amidine groups is 1. The Morgan fingerprint density at radius 3 is 2.65 bits per heavy atom. The minimum Gasteiger partial charge on any atom is -0.382 e. The first-order chi connectivity index (χ1) is 14.6. The maximum absolute atomic E-state index is 13.1. The molecule has 1 fully saturated rings. The fourth-order valence-electron chi connectivity index (χ4n) is 3.73. The third-order valence-corrected chi connectivity index (χ3v) is 6.87. The maximum Gasteiger partial charge on any atom is 0.406 e. The number of rotatable bonds is 5. The summed E-state index contributed by atoms with van der Waals surface area (Å²) in [6.07, 6.45) is -4.26. The molecular weight excluding hydrogens is 435 g/mol. The van der Waals surface area contributed by atoms with Crippen molar-refractivity contribution >= 4 is 27.4 Å². The Labute approximate surface area is 179 Å². The predicted octanol–water partition coefficient (Wildman–Crippen LogP) is 1.57. The number of ether oxygens (including phenoxy) is 1. The molecule has 0 saturated carbocycles. The zero-order valence-electron chi connectivity index (χ0n) is 16.9. The highest BCUT2D eigenvalue weighted by atomic mass is 32.1. The van der Waals surface area contributed by atoms with Crippen molar-refractivity contribution in [3.05, 3.63) is 43.6 Å². The van der Waals surface area contributed by atoms with Crippen LogP contribution in [0.15, 0.2) is 26.9 Å². The van der Waals surface area contributed by atoms with Crippen molar-refractivity contribution in [1.29, 1.82) is 0 Å². The zero-order valence-corrected chi connectivity index (χ0v) is 17.7. The van der Waals surface area contributed by atoms with Crippen molar-refractivity contribution < 1.29 is 17.9 Å². The van der Waals surface area contributed by atoms with Gasteiger partial charge in [-0.3, -0.25) is 18.9 Å². The van der Waals surface area contributed by atoms with E-state index < -0.39 is 24.0 Å². The van der Waals surface area contributed by atoms with Crippen LogP contribution in [0, 0.1) is 6.92 Å². The molecule has 4 heterocycles. The zero-order chi connectivity index (χ0) is 22.5. The van der Waals surface area contributed by atoms with E-state index in [2.05, 4.69) is 11.6 Å². The highest BCUT2D eigenvalue weighted by Crippen LogP contribution is 2.31. The summed E-state index contributed by atoms with van der Waals surface area (Å²) in [6.45, 7) is 6.07. The van der Waals surface area contributed by atoms with Gasteiger partial charge in [-0.25, -0.2) is 4.79 Å². The summed E-state index contributed by atoms with van der Waals surface area (Å²) in [7, 11) is 0. The molecule has 2 aromatic rings. The number of halogens is 3. The Morgan fingerprint density at radius 1 is 1.32 bits per heavy atom. The van der Waals surface area contributed by atoms with Crippen molar-refractivity contribution in [2.45, 2.75) is 45.3 Å². The van der Waals surface area contributed by atoms with Gasteiger partial charge in [0.25, 0.3) is 5.56 Å². The molecule has 4 rings (SSSR count). The predicted molar refractivity (Wildman–Crippen MR) is 112 cm³/mol. The van der Waals surface area contributed by atoms with E-state index in [1.54, 1.807) is 6.92 Å². The number of aliphatic imine (C=N–C) groups is 1. The van der Waals surface area contributed by atoms with Crippen LogP contribution >= 0.6 is 11.3 Å². The minimum atomic E-state index is -4.70. The Bertz CT molecular complexity index is 1190. The molecule has 31 heavy (non-hydrogen) atoms. The van der Waals surface area contributed by atoms with Crippen LogP contribution in [0.5, 0.6) is 0 Å². The van der Waals surface area contributed by atoms with E-state index in [1.165, 1.54) is 15.9 Å². The first kappa shape index (κ1) is 21.6. The van der Waals surface area contributed by atoms with Crippen molar-refractivity contribution in [1.82, 2.24) is 14.0 Å². The molecular formula is C19H22F3N5O3S. The van der Waals surface area contributed by atoms with Gasteiger partial charge in [0.15, 0.2) is 0 Å². The number of aromatic nitrogens is 2. The second-order valence-corrected chi connectivity index (χ2v) is 8.73. The van der Waals surface area contributed by atoms with Crippen molar-refractivity contribution in [2.24, 2.45) is 10.7 Å². The van der Waals surface area contributed by atoms with Gasteiger partial charge in [-0.2, -0.15) is 13.2 Å². The van der Waals surface area contributed by atoms with Crippen LogP contribution in [-0.2, 0) is 24.4 Å². The molecule has 168 valence electrons. The SMILES string of the molecule is C=C1C(N)=NCCN1Cc1sc2c(c1C)c(=O)n(CC(F)(F)F)c(=O)n2CC1CCO1. The fraction of sp³-hybridized carbons (Fsp3) is 0.526. The van der Waals surface area contributed by atoms with Crippen LogP contribution < -0.4 is 17.0 Å². The lowest BCUT2D eigenvalue weighted by atomic mass is 10.1. The van der Waals surface area contributed by atoms with Gasteiger partial charge in [0.1, 0.15) is 17.2 Å². The van der Waals surface area contributed by atoms with Gasteiger partial charge in [-0.15, -0.1) is 11.3 Å². The number of hydrogen-bond acceptors (Lipinski definition) is 7. The molecule has 0 amide bonds. The highest BCUT2D eigenvalue weighted by Gasteiger charge is 2.32. The third kappa shape index (κ3) is 4.01. The summed E-state index contributed by atoms with van der Waals surface area (Å²) in [5.41, 5.74) is 5.05. The monoisotopic (exact) mass is 457 g/mol. The lowest BCUT2D eigenvalue weighted by molar-refractivity contribution is -0.142. The number of aryl methyl sites for hydroxylation is 1. The molecule has 2 aliphatic heterocycles. The number of nitrogens with zero attached hydrogens (tertiary/aromatic N) is 4. The molecule has 12 heteroatoms.